The number of nitrogens with one attached hydrogen (secondary N) is 1. The van der Waals surface area contributed by atoms with Gasteiger partial charge in [0, 0.05) is 18.1 Å². The van der Waals surface area contributed by atoms with Gasteiger partial charge in [0.15, 0.2) is 0 Å². The lowest BCUT2D eigenvalue weighted by Gasteiger charge is -2.10. The van der Waals surface area contributed by atoms with E-state index in [4.69, 9.17) is 5.73 Å². The van der Waals surface area contributed by atoms with Gasteiger partial charge in [0.1, 0.15) is 0 Å². The van der Waals surface area contributed by atoms with Gasteiger partial charge in [-0.25, -0.2) is 4.68 Å². The van der Waals surface area contributed by atoms with Gasteiger partial charge in [-0.2, -0.15) is 5.10 Å². The van der Waals surface area contributed by atoms with E-state index >= 15 is 0 Å². The fourth-order valence-corrected chi connectivity index (χ4v) is 1.54. The Morgan fingerprint density at radius 3 is 2.72 bits per heavy atom. The first-order chi connectivity index (χ1) is 8.70. The van der Waals surface area contributed by atoms with Crippen LogP contribution in [0.25, 0.3) is 5.69 Å². The quantitative estimate of drug-likeness (QED) is 0.857. The zero-order valence-corrected chi connectivity index (χ0v) is 10.2. The molecule has 1 aromatic carbocycles. The molecule has 1 aromatic heterocycles. The Bertz CT molecular complexity index is 504. The monoisotopic (exact) mass is 244 g/mol. The molecule has 0 aliphatic rings. The smallest absolute Gasteiger partial charge is 0.241 e. The molecule has 0 saturated carbocycles. The van der Waals surface area contributed by atoms with Crippen molar-refractivity contribution in [1.29, 1.82) is 0 Å². The summed E-state index contributed by atoms with van der Waals surface area (Å²) in [6, 6.07) is 8.83. The number of nitrogens with zero attached hydrogens (tertiary/aromatic N) is 2. The van der Waals surface area contributed by atoms with Gasteiger partial charge in [-0.05, 0) is 36.8 Å². The van der Waals surface area contributed by atoms with E-state index < -0.39 is 6.04 Å². The van der Waals surface area contributed by atoms with E-state index in [2.05, 4.69) is 10.4 Å². The Labute approximate surface area is 106 Å². The highest BCUT2D eigenvalue weighted by Crippen LogP contribution is 2.12. The molecule has 0 radical (unpaired) electrons. The first kappa shape index (κ1) is 12.3. The highest BCUT2D eigenvalue weighted by Gasteiger charge is 2.10. The summed E-state index contributed by atoms with van der Waals surface area (Å²) >= 11 is 0. The van der Waals surface area contributed by atoms with Crippen LogP contribution in [0.3, 0.4) is 0 Å². The lowest BCUT2D eigenvalue weighted by atomic mass is 10.2. The fourth-order valence-electron chi connectivity index (χ4n) is 1.54. The fraction of sp³-hybridized carbons (Fsp3) is 0.231. The first-order valence-corrected chi connectivity index (χ1v) is 5.87. The van der Waals surface area contributed by atoms with Gasteiger partial charge in [0.05, 0.1) is 11.7 Å². The molecule has 0 unspecified atom stereocenters. The van der Waals surface area contributed by atoms with Crippen molar-refractivity contribution in [2.75, 3.05) is 5.32 Å². The van der Waals surface area contributed by atoms with E-state index in [1.165, 1.54) is 0 Å². The number of carbonyl (C=O) groups excluding carboxylic acids is 1. The van der Waals surface area contributed by atoms with Crippen molar-refractivity contribution < 1.29 is 4.79 Å². The molecule has 1 heterocycles. The number of rotatable bonds is 4. The second-order valence-electron chi connectivity index (χ2n) is 4.00. The minimum absolute atomic E-state index is 0.163. The molecule has 0 aliphatic carbocycles. The van der Waals surface area contributed by atoms with E-state index in [1.807, 2.05) is 43.5 Å². The molecule has 2 aromatic rings. The minimum atomic E-state index is -0.462. The predicted molar refractivity (Wildman–Crippen MR) is 70.5 cm³/mol. The van der Waals surface area contributed by atoms with Crippen molar-refractivity contribution in [3.8, 4) is 5.69 Å². The summed E-state index contributed by atoms with van der Waals surface area (Å²) in [5.41, 5.74) is 7.32. The van der Waals surface area contributed by atoms with Gasteiger partial charge in [0.25, 0.3) is 0 Å². The summed E-state index contributed by atoms with van der Waals surface area (Å²) in [6.45, 7) is 1.88. The Hall–Kier alpha value is -2.14. The molecule has 94 valence electrons. The molecule has 18 heavy (non-hydrogen) atoms. The van der Waals surface area contributed by atoms with Crippen LogP contribution in [0.1, 0.15) is 13.3 Å². The lowest BCUT2D eigenvalue weighted by molar-refractivity contribution is -0.117. The number of amides is 1. The molecule has 0 spiro atoms. The van der Waals surface area contributed by atoms with Gasteiger partial charge in [0.2, 0.25) is 5.91 Å². The normalized spacial score (nSPS) is 12.1. The van der Waals surface area contributed by atoms with Crippen molar-refractivity contribution in [1.82, 2.24) is 9.78 Å². The maximum absolute atomic E-state index is 11.6. The van der Waals surface area contributed by atoms with Crippen LogP contribution in [0.15, 0.2) is 42.7 Å². The SMILES string of the molecule is CC[C@@H](N)C(=O)Nc1ccc(-n2cccn2)cc1. The lowest BCUT2D eigenvalue weighted by Crippen LogP contribution is -2.34. The summed E-state index contributed by atoms with van der Waals surface area (Å²) in [5, 5.41) is 6.90. The largest absolute Gasteiger partial charge is 0.325 e. The van der Waals surface area contributed by atoms with E-state index in [9.17, 15) is 4.79 Å². The number of aromatic nitrogens is 2. The van der Waals surface area contributed by atoms with Crippen LogP contribution in [0.4, 0.5) is 5.69 Å². The molecule has 0 saturated heterocycles. The van der Waals surface area contributed by atoms with Crippen LogP contribution in [0, 0.1) is 0 Å². The molecular weight excluding hydrogens is 228 g/mol. The Balaban J connectivity index is 2.06. The third-order valence-corrected chi connectivity index (χ3v) is 2.68. The highest BCUT2D eigenvalue weighted by molar-refractivity contribution is 5.94. The van der Waals surface area contributed by atoms with Gasteiger partial charge >= 0.3 is 0 Å². The average Bonchev–Trinajstić information content (AvgIpc) is 2.92. The van der Waals surface area contributed by atoms with E-state index in [1.54, 1.807) is 10.9 Å². The van der Waals surface area contributed by atoms with Crippen LogP contribution in [0.5, 0.6) is 0 Å². The van der Waals surface area contributed by atoms with Crippen LogP contribution >= 0.6 is 0 Å². The topological polar surface area (TPSA) is 72.9 Å². The number of hydrogen-bond donors (Lipinski definition) is 2. The van der Waals surface area contributed by atoms with E-state index in [-0.39, 0.29) is 5.91 Å². The maximum atomic E-state index is 11.6. The number of anilines is 1. The highest BCUT2D eigenvalue weighted by atomic mass is 16.2. The van der Waals surface area contributed by atoms with Crippen molar-refractivity contribution in [2.24, 2.45) is 5.73 Å². The molecule has 1 atom stereocenters. The third kappa shape index (κ3) is 2.75. The van der Waals surface area contributed by atoms with Gasteiger partial charge in [-0.15, -0.1) is 0 Å². The Morgan fingerprint density at radius 1 is 1.44 bits per heavy atom. The third-order valence-electron chi connectivity index (χ3n) is 2.68. The average molecular weight is 244 g/mol. The Kier molecular flexibility index (Phi) is 3.74. The van der Waals surface area contributed by atoms with Crippen molar-refractivity contribution in [3.63, 3.8) is 0 Å². The van der Waals surface area contributed by atoms with E-state index in [0.717, 1.165) is 11.4 Å². The predicted octanol–water partition coefficient (Wildman–Crippen LogP) is 1.55. The number of carbonyl (C=O) groups is 1. The minimum Gasteiger partial charge on any atom is -0.325 e. The summed E-state index contributed by atoms with van der Waals surface area (Å²) in [5.74, 6) is -0.163. The zero-order valence-electron chi connectivity index (χ0n) is 10.2. The number of hydrogen-bond acceptors (Lipinski definition) is 3. The maximum Gasteiger partial charge on any atom is 0.241 e. The van der Waals surface area contributed by atoms with Gasteiger partial charge in [-0.1, -0.05) is 6.92 Å². The molecule has 0 aliphatic heterocycles. The zero-order chi connectivity index (χ0) is 13.0. The van der Waals surface area contributed by atoms with Crippen LogP contribution in [0.2, 0.25) is 0 Å². The van der Waals surface area contributed by atoms with Crippen molar-refractivity contribution in [2.45, 2.75) is 19.4 Å². The second kappa shape index (κ2) is 5.46. The Morgan fingerprint density at radius 2 is 2.17 bits per heavy atom. The first-order valence-electron chi connectivity index (χ1n) is 5.87. The molecule has 2 rings (SSSR count). The summed E-state index contributed by atoms with van der Waals surface area (Å²) < 4.78 is 1.75. The van der Waals surface area contributed by atoms with Crippen molar-refractivity contribution in [3.05, 3.63) is 42.7 Å². The van der Waals surface area contributed by atoms with Gasteiger partial charge in [-0.3, -0.25) is 4.79 Å². The van der Waals surface area contributed by atoms with Gasteiger partial charge < -0.3 is 11.1 Å². The summed E-state index contributed by atoms with van der Waals surface area (Å²) in [7, 11) is 0. The van der Waals surface area contributed by atoms with Crippen LogP contribution in [-0.2, 0) is 4.79 Å². The molecule has 5 heteroatoms. The van der Waals surface area contributed by atoms with E-state index in [0.29, 0.717) is 6.42 Å². The standard InChI is InChI=1S/C13H16N4O/c1-2-12(14)13(18)16-10-4-6-11(7-5-10)17-9-3-8-15-17/h3-9,12H,2,14H2,1H3,(H,16,18)/t12-/m1/s1. The van der Waals surface area contributed by atoms with Crippen LogP contribution in [-0.4, -0.2) is 21.7 Å². The molecule has 5 nitrogen and oxygen atoms in total. The molecule has 0 fully saturated rings. The van der Waals surface area contributed by atoms with Crippen molar-refractivity contribution >= 4 is 11.6 Å². The molecule has 1 amide bonds. The summed E-state index contributed by atoms with van der Waals surface area (Å²) in [6.07, 6.45) is 4.20. The number of nitrogens with two attached hydrogens (primary N) is 1. The molecule has 0 bridgehead atoms. The molecular formula is C13H16N4O. The molecule has 3 N–H and O–H groups in total. The number of benzene rings is 1. The summed E-state index contributed by atoms with van der Waals surface area (Å²) in [4.78, 5) is 11.6. The second-order valence-corrected chi connectivity index (χ2v) is 4.00. The van der Waals surface area contributed by atoms with Crippen LogP contribution < -0.4 is 11.1 Å².